The summed E-state index contributed by atoms with van der Waals surface area (Å²) in [7, 11) is 0. The second-order valence-corrected chi connectivity index (χ2v) is 5.73. The third-order valence-electron chi connectivity index (χ3n) is 3.22. The lowest BCUT2D eigenvalue weighted by Crippen LogP contribution is -2.36. The number of ketones is 1. The van der Waals surface area contributed by atoms with Crippen molar-refractivity contribution in [2.75, 3.05) is 11.5 Å². The van der Waals surface area contributed by atoms with Crippen LogP contribution in [0.1, 0.15) is 30.6 Å². The normalized spacial score (nSPS) is 10.9. The molecule has 0 fully saturated rings. The van der Waals surface area contributed by atoms with Gasteiger partial charge in [-0.25, -0.2) is 4.79 Å². The minimum Gasteiger partial charge on any atom is -0.384 e. The Morgan fingerprint density at radius 2 is 2.13 bits per heavy atom. The Morgan fingerprint density at radius 1 is 1.39 bits per heavy atom. The zero-order chi connectivity index (χ0) is 17.0. The fraction of sp³-hybridized carbons (Fsp3) is 0.462. The number of aromatic amines is 1. The number of hydrogen-bond donors (Lipinski definition) is 2. The maximum Gasteiger partial charge on any atom is 0.329 e. The number of rotatable bonds is 7. The minimum absolute atomic E-state index is 0.0176. The molecule has 9 nitrogen and oxygen atoms in total. The number of carbonyl (C=O) groups excluding carboxylic acids is 1. The summed E-state index contributed by atoms with van der Waals surface area (Å²) in [4.78, 5) is 38.2. The fourth-order valence-electron chi connectivity index (χ4n) is 2.08. The summed E-state index contributed by atoms with van der Waals surface area (Å²) in [5, 5.41) is 8.26. The van der Waals surface area contributed by atoms with Gasteiger partial charge in [-0.2, -0.15) is 0 Å². The Morgan fingerprint density at radius 3 is 2.78 bits per heavy atom. The molecular formula is C13H18N6O3S. The van der Waals surface area contributed by atoms with Crippen molar-refractivity contribution in [1.82, 2.24) is 24.3 Å². The summed E-state index contributed by atoms with van der Waals surface area (Å²) in [6.07, 6.45) is 2.22. The van der Waals surface area contributed by atoms with Crippen LogP contribution >= 0.6 is 11.8 Å². The number of aryl methyl sites for hydroxylation is 1. The van der Waals surface area contributed by atoms with E-state index in [2.05, 4.69) is 15.2 Å². The Bertz CT molecular complexity index is 822. The third-order valence-corrected chi connectivity index (χ3v) is 4.20. The van der Waals surface area contributed by atoms with Gasteiger partial charge in [-0.05, 0) is 13.3 Å². The van der Waals surface area contributed by atoms with Gasteiger partial charge in [0.05, 0.1) is 5.75 Å². The van der Waals surface area contributed by atoms with Gasteiger partial charge in [-0.3, -0.25) is 19.1 Å². The quantitative estimate of drug-likeness (QED) is 0.541. The molecule has 2 heterocycles. The van der Waals surface area contributed by atoms with Crippen LogP contribution in [-0.2, 0) is 13.1 Å². The Hall–Kier alpha value is -2.36. The summed E-state index contributed by atoms with van der Waals surface area (Å²) in [5.41, 5.74) is 4.30. The van der Waals surface area contributed by atoms with E-state index in [1.54, 1.807) is 10.9 Å². The van der Waals surface area contributed by atoms with E-state index in [-0.39, 0.29) is 17.1 Å². The molecule has 0 amide bonds. The zero-order valence-electron chi connectivity index (χ0n) is 12.9. The van der Waals surface area contributed by atoms with E-state index in [4.69, 9.17) is 5.73 Å². The van der Waals surface area contributed by atoms with E-state index in [9.17, 15) is 14.4 Å². The van der Waals surface area contributed by atoms with Crippen molar-refractivity contribution in [3.63, 3.8) is 0 Å². The molecule has 0 aliphatic rings. The first-order chi connectivity index (χ1) is 11.0. The lowest BCUT2D eigenvalue weighted by atomic mass is 10.2. The van der Waals surface area contributed by atoms with E-state index in [1.165, 1.54) is 16.3 Å². The molecule has 0 saturated heterocycles. The molecule has 0 aromatic carbocycles. The molecule has 0 aliphatic carbocycles. The second kappa shape index (κ2) is 7.27. The largest absolute Gasteiger partial charge is 0.384 e. The monoisotopic (exact) mass is 338 g/mol. The predicted octanol–water partition coefficient (Wildman–Crippen LogP) is 0.115. The van der Waals surface area contributed by atoms with Crippen LogP contribution in [0.25, 0.3) is 0 Å². The standard InChI is InChI=1S/C13H18N6O3S/c1-3-5-19-10(14)9(11(21)16-12(19)22)8(20)6-23-13-17-15-7-18(13)4-2/h7H,3-6,14H2,1-2H3,(H,16,21,22). The average Bonchev–Trinajstić information content (AvgIpc) is 2.96. The summed E-state index contributed by atoms with van der Waals surface area (Å²) < 4.78 is 2.98. The number of nitrogens with zero attached hydrogens (tertiary/aromatic N) is 4. The summed E-state index contributed by atoms with van der Waals surface area (Å²) in [5.74, 6) is -0.566. The van der Waals surface area contributed by atoms with Gasteiger partial charge in [-0.15, -0.1) is 10.2 Å². The van der Waals surface area contributed by atoms with Gasteiger partial charge in [0.2, 0.25) is 0 Å². The molecule has 0 unspecified atom stereocenters. The number of H-pyrrole nitrogens is 1. The van der Waals surface area contributed by atoms with Gasteiger partial charge in [0.1, 0.15) is 17.7 Å². The first-order valence-corrected chi connectivity index (χ1v) is 8.14. The Kier molecular flexibility index (Phi) is 5.37. The summed E-state index contributed by atoms with van der Waals surface area (Å²) in [6.45, 7) is 4.80. The molecule has 3 N–H and O–H groups in total. The SMILES string of the molecule is CCCn1c(N)c(C(=O)CSc2nncn2CC)c(=O)[nH]c1=O. The lowest BCUT2D eigenvalue weighted by molar-refractivity contribution is 0.102. The maximum absolute atomic E-state index is 12.4. The minimum atomic E-state index is -0.762. The average molecular weight is 338 g/mol. The molecule has 2 rings (SSSR count). The van der Waals surface area contributed by atoms with Crippen LogP contribution in [0.3, 0.4) is 0 Å². The highest BCUT2D eigenvalue weighted by molar-refractivity contribution is 7.99. The molecule has 0 aliphatic heterocycles. The molecule has 0 saturated carbocycles. The van der Waals surface area contributed by atoms with Crippen LogP contribution in [0.15, 0.2) is 21.1 Å². The number of carbonyl (C=O) groups is 1. The molecular weight excluding hydrogens is 320 g/mol. The van der Waals surface area contributed by atoms with Crippen LogP contribution in [0, 0.1) is 0 Å². The lowest BCUT2D eigenvalue weighted by Gasteiger charge is -2.10. The van der Waals surface area contributed by atoms with Gasteiger partial charge in [-0.1, -0.05) is 18.7 Å². The topological polar surface area (TPSA) is 129 Å². The smallest absolute Gasteiger partial charge is 0.329 e. The van der Waals surface area contributed by atoms with E-state index in [0.717, 1.165) is 0 Å². The van der Waals surface area contributed by atoms with Crippen molar-refractivity contribution in [2.24, 2.45) is 0 Å². The zero-order valence-corrected chi connectivity index (χ0v) is 13.7. The third kappa shape index (κ3) is 3.52. The Labute approximate surface area is 135 Å². The molecule has 0 atom stereocenters. The first-order valence-electron chi connectivity index (χ1n) is 7.15. The van der Waals surface area contributed by atoms with Gasteiger partial charge in [0.15, 0.2) is 10.9 Å². The summed E-state index contributed by atoms with van der Waals surface area (Å²) in [6, 6.07) is 0. The highest BCUT2D eigenvalue weighted by atomic mass is 32.2. The van der Waals surface area contributed by atoms with Crippen LogP contribution in [0.2, 0.25) is 0 Å². The predicted molar refractivity (Wildman–Crippen MR) is 86.8 cm³/mol. The van der Waals surface area contributed by atoms with Crippen molar-refractivity contribution < 1.29 is 4.79 Å². The van der Waals surface area contributed by atoms with E-state index in [0.29, 0.717) is 24.7 Å². The maximum atomic E-state index is 12.4. The number of anilines is 1. The van der Waals surface area contributed by atoms with Crippen LogP contribution in [0.5, 0.6) is 0 Å². The molecule has 10 heteroatoms. The van der Waals surface area contributed by atoms with Crippen LogP contribution in [-0.4, -0.2) is 35.9 Å². The van der Waals surface area contributed by atoms with E-state index < -0.39 is 17.0 Å². The highest BCUT2D eigenvalue weighted by Gasteiger charge is 2.20. The molecule has 124 valence electrons. The molecule has 0 bridgehead atoms. The number of nitrogen functional groups attached to an aromatic ring is 1. The number of hydrogen-bond acceptors (Lipinski definition) is 7. The van der Waals surface area contributed by atoms with Crippen LogP contribution < -0.4 is 17.0 Å². The number of thioether (sulfide) groups is 1. The van der Waals surface area contributed by atoms with Crippen molar-refractivity contribution >= 4 is 23.4 Å². The van der Waals surface area contributed by atoms with Crippen molar-refractivity contribution in [3.8, 4) is 0 Å². The van der Waals surface area contributed by atoms with E-state index >= 15 is 0 Å². The highest BCUT2D eigenvalue weighted by Crippen LogP contribution is 2.17. The first kappa shape index (κ1) is 17.0. The van der Waals surface area contributed by atoms with Gasteiger partial charge in [0, 0.05) is 13.1 Å². The summed E-state index contributed by atoms with van der Waals surface area (Å²) >= 11 is 1.17. The van der Waals surface area contributed by atoms with Crippen molar-refractivity contribution in [2.45, 2.75) is 38.5 Å². The number of nitrogens with two attached hydrogens (primary N) is 1. The fourth-order valence-corrected chi connectivity index (χ4v) is 2.93. The van der Waals surface area contributed by atoms with Gasteiger partial charge in [0.25, 0.3) is 5.56 Å². The molecule has 0 spiro atoms. The number of aromatic nitrogens is 5. The van der Waals surface area contributed by atoms with Gasteiger partial charge >= 0.3 is 5.69 Å². The second-order valence-electron chi connectivity index (χ2n) is 4.78. The molecule has 0 radical (unpaired) electrons. The molecule has 23 heavy (non-hydrogen) atoms. The van der Waals surface area contributed by atoms with Crippen molar-refractivity contribution in [3.05, 3.63) is 32.7 Å². The van der Waals surface area contributed by atoms with Crippen molar-refractivity contribution in [1.29, 1.82) is 0 Å². The number of Topliss-reactive ketones (excluding diaryl/α,β-unsaturated/α-hetero) is 1. The van der Waals surface area contributed by atoms with Crippen LogP contribution in [0.4, 0.5) is 5.82 Å². The molecule has 2 aromatic heterocycles. The van der Waals surface area contributed by atoms with E-state index in [1.807, 2.05) is 13.8 Å². The number of nitrogens with one attached hydrogen (secondary N) is 1. The van der Waals surface area contributed by atoms with Gasteiger partial charge < -0.3 is 10.3 Å². The molecule has 2 aromatic rings. The Balaban J connectivity index is 2.27.